The number of aryl methyl sites for hydroxylation is 4. The van der Waals surface area contributed by atoms with Gasteiger partial charge in [-0.3, -0.25) is 0 Å². The van der Waals surface area contributed by atoms with E-state index in [-0.39, 0.29) is 0 Å². The maximum atomic E-state index is 15.5. The van der Waals surface area contributed by atoms with Gasteiger partial charge in [-0.25, -0.2) is 0 Å². The van der Waals surface area contributed by atoms with Gasteiger partial charge in [0, 0.05) is 60.7 Å². The highest BCUT2D eigenvalue weighted by Gasteiger charge is 2.53. The van der Waals surface area contributed by atoms with Gasteiger partial charge in [0.1, 0.15) is 11.4 Å². The Kier molecular flexibility index (Phi) is 6.35. The minimum Gasteiger partial charge on any atom is -0.394 e. The molecule has 0 spiro atoms. The molecule has 0 atom stereocenters. The van der Waals surface area contributed by atoms with Crippen LogP contribution in [0.4, 0.5) is 17.3 Å². The van der Waals surface area contributed by atoms with Crippen LogP contribution in [-0.2, 0) is 0 Å². The van der Waals surface area contributed by atoms with Crippen molar-refractivity contribution in [3.8, 4) is 0 Å². The van der Waals surface area contributed by atoms with Crippen LogP contribution in [0.3, 0.4) is 0 Å². The molecule has 208 valence electrons. The Morgan fingerprint density at radius 1 is 0.650 bits per heavy atom. The van der Waals surface area contributed by atoms with Crippen molar-refractivity contribution < 1.29 is 26.2 Å². The van der Waals surface area contributed by atoms with Crippen molar-refractivity contribution >= 4 is 37.5 Å². The van der Waals surface area contributed by atoms with Gasteiger partial charge in [0.05, 0.1) is 0 Å². The first kappa shape index (κ1) is 26.7. The van der Waals surface area contributed by atoms with Crippen molar-refractivity contribution in [3.63, 3.8) is 0 Å². The van der Waals surface area contributed by atoms with E-state index in [4.69, 9.17) is 0 Å². The van der Waals surface area contributed by atoms with Crippen LogP contribution in [0, 0.1) is 27.7 Å². The summed E-state index contributed by atoms with van der Waals surface area (Å²) in [7, 11) is 0. The normalized spacial score (nSPS) is 19.8. The Morgan fingerprint density at radius 2 is 1.05 bits per heavy atom. The molecule has 4 nitrogen and oxygen atoms in total. The second-order valence-electron chi connectivity index (χ2n) is 11.4. The highest BCUT2D eigenvalue weighted by atomic mass is 19.3. The lowest BCUT2D eigenvalue weighted by Gasteiger charge is -2.30. The lowest BCUT2D eigenvalue weighted by molar-refractivity contribution is -0.363. The fourth-order valence-electron chi connectivity index (χ4n) is 6.83. The number of aromatic nitrogens is 2. The third-order valence-electron chi connectivity index (χ3n) is 8.59. The van der Waals surface area contributed by atoms with Crippen molar-refractivity contribution in [2.75, 3.05) is 0 Å². The number of halogens is 4. The van der Waals surface area contributed by atoms with Gasteiger partial charge in [0.15, 0.2) is 11.4 Å². The molecule has 0 unspecified atom stereocenters. The zero-order chi connectivity index (χ0) is 28.4. The molecule has 4 aliphatic heterocycles. The van der Waals surface area contributed by atoms with Gasteiger partial charge >= 0.3 is 13.9 Å². The summed E-state index contributed by atoms with van der Waals surface area (Å²) in [6.45, 7) is -0.641. The van der Waals surface area contributed by atoms with Crippen LogP contribution in [0.15, 0.2) is 60.0 Å². The van der Waals surface area contributed by atoms with E-state index in [0.717, 1.165) is 36.8 Å². The molecule has 0 aromatic carbocycles. The van der Waals surface area contributed by atoms with Crippen LogP contribution < -0.4 is 0 Å². The van der Waals surface area contributed by atoms with Crippen LogP contribution >= 0.6 is 0 Å². The van der Waals surface area contributed by atoms with E-state index in [9.17, 15) is 0 Å². The average Bonchev–Trinajstić information content (AvgIpc) is 3.62. The van der Waals surface area contributed by atoms with Crippen LogP contribution in [-0.4, -0.2) is 43.3 Å². The molecule has 0 radical (unpaired) electrons. The standard InChI is InChI=1S/C30H34B2F4N4/c1-21-17-23(3)37-29(21)19-27-15-13-25(39(27)31(37,33)34)11-9-7-5-6-8-10-12-26-14-16-28-20-30-22(2)18-24(4)38(30)32(35,36)40(26)28/h5-6,13-20H,7-12H2,1-4H3/b6-5+. The molecule has 6 rings (SSSR count). The van der Waals surface area contributed by atoms with E-state index in [0.29, 0.717) is 58.4 Å². The van der Waals surface area contributed by atoms with E-state index in [1.807, 2.05) is 50.3 Å². The minimum absolute atomic E-state index is 0.555. The molecule has 40 heavy (non-hydrogen) atoms. The van der Waals surface area contributed by atoms with Crippen molar-refractivity contribution in [2.24, 2.45) is 0 Å². The van der Waals surface area contributed by atoms with E-state index in [1.165, 1.54) is 17.9 Å². The van der Waals surface area contributed by atoms with Gasteiger partial charge in [-0.15, -0.1) is 0 Å². The molecule has 0 saturated heterocycles. The van der Waals surface area contributed by atoms with Crippen molar-refractivity contribution in [1.29, 1.82) is 0 Å². The topological polar surface area (TPSA) is 15.9 Å². The van der Waals surface area contributed by atoms with Gasteiger partial charge < -0.3 is 35.2 Å². The zero-order valence-electron chi connectivity index (χ0n) is 23.5. The Morgan fingerprint density at radius 3 is 1.45 bits per heavy atom. The molecular formula is C30H34B2F4N4. The molecule has 0 bridgehead atoms. The summed E-state index contributed by atoms with van der Waals surface area (Å²) in [6.07, 6.45) is 19.3. The highest BCUT2D eigenvalue weighted by molar-refractivity contribution is 6.58. The Balaban J connectivity index is 1.04. The third-order valence-corrected chi connectivity index (χ3v) is 8.59. The quantitative estimate of drug-likeness (QED) is 0.142. The average molecular weight is 548 g/mol. The second kappa shape index (κ2) is 9.53. The van der Waals surface area contributed by atoms with Crippen molar-refractivity contribution in [3.05, 3.63) is 93.9 Å². The number of hydrogen-bond acceptors (Lipinski definition) is 0. The first-order valence-electron chi connectivity index (χ1n) is 14.2. The predicted molar refractivity (Wildman–Crippen MR) is 156 cm³/mol. The molecule has 0 aliphatic carbocycles. The van der Waals surface area contributed by atoms with Crippen LogP contribution in [0.1, 0.15) is 72.4 Å². The minimum atomic E-state index is -3.92. The van der Waals surface area contributed by atoms with Gasteiger partial charge in [0.2, 0.25) is 0 Å². The molecule has 2 aromatic heterocycles. The van der Waals surface area contributed by atoms with Crippen LogP contribution in [0.2, 0.25) is 0 Å². The fourth-order valence-corrected chi connectivity index (χ4v) is 6.83. The number of hydrogen-bond donors (Lipinski definition) is 0. The molecular weight excluding hydrogens is 514 g/mol. The number of nitrogens with zero attached hydrogens (tertiary/aromatic N) is 4. The number of unbranched alkanes of at least 4 members (excludes halogenated alkanes) is 2. The predicted octanol–water partition coefficient (Wildman–Crippen LogP) is 7.32. The van der Waals surface area contributed by atoms with Crippen molar-refractivity contribution in [1.82, 2.24) is 8.96 Å². The molecule has 2 aromatic rings. The first-order valence-corrected chi connectivity index (χ1v) is 14.2. The molecule has 0 fully saturated rings. The smallest absolute Gasteiger partial charge is 0.394 e. The summed E-state index contributed by atoms with van der Waals surface area (Å²) in [5.41, 5.74) is 6.46. The lowest BCUT2D eigenvalue weighted by atomic mass is 9.90. The SMILES string of the molecule is Cc1cc(C)n2c1C=C1C=CC(CCC/C=C/CCCC3=[N+]4C(=Cc5c(C)cc(C)n5[B-]4(F)F)C=C3)=[N+]1[B-]2(F)F. The second-order valence-corrected chi connectivity index (χ2v) is 11.4. The monoisotopic (exact) mass is 548 g/mol. The summed E-state index contributed by atoms with van der Waals surface area (Å²) < 4.78 is 67.0. The Bertz CT molecular complexity index is 1520. The van der Waals surface area contributed by atoms with Gasteiger partial charge in [-0.1, -0.05) is 12.2 Å². The van der Waals surface area contributed by atoms with Gasteiger partial charge in [-0.05, 0) is 88.0 Å². The largest absolute Gasteiger partial charge is 0.737 e. The van der Waals surface area contributed by atoms with E-state index >= 15 is 17.3 Å². The number of fused-ring (bicyclic) bond motifs is 4. The van der Waals surface area contributed by atoms with Gasteiger partial charge in [0.25, 0.3) is 0 Å². The maximum Gasteiger partial charge on any atom is 0.737 e. The summed E-state index contributed by atoms with van der Waals surface area (Å²) in [5.74, 6) is 0. The van der Waals surface area contributed by atoms with Crippen LogP contribution in [0.25, 0.3) is 12.2 Å². The summed E-state index contributed by atoms with van der Waals surface area (Å²) in [6, 6.07) is 3.63. The highest BCUT2D eigenvalue weighted by Crippen LogP contribution is 2.36. The fraction of sp³-hybridized carbons (Fsp3) is 0.333. The summed E-state index contributed by atoms with van der Waals surface area (Å²) in [4.78, 5) is 0. The molecule has 6 heterocycles. The van der Waals surface area contributed by atoms with Crippen molar-refractivity contribution in [2.45, 2.75) is 66.2 Å². The van der Waals surface area contributed by atoms with E-state index in [1.54, 1.807) is 26.0 Å². The Hall–Kier alpha value is -3.55. The molecule has 10 heteroatoms. The number of allylic oxidation sites excluding steroid dienone is 6. The van der Waals surface area contributed by atoms with Gasteiger partial charge in [-0.2, -0.15) is 0 Å². The maximum absolute atomic E-state index is 15.5. The summed E-state index contributed by atoms with van der Waals surface area (Å²) >= 11 is 0. The zero-order valence-corrected chi connectivity index (χ0v) is 23.5. The van der Waals surface area contributed by atoms with E-state index in [2.05, 4.69) is 12.2 Å². The Labute approximate surface area is 232 Å². The molecule has 0 amide bonds. The van der Waals surface area contributed by atoms with Crippen LogP contribution in [0.5, 0.6) is 0 Å². The lowest BCUT2D eigenvalue weighted by Crippen LogP contribution is -2.50. The summed E-state index contributed by atoms with van der Waals surface area (Å²) in [5, 5.41) is 0. The molecule has 0 saturated carbocycles. The van der Waals surface area contributed by atoms with E-state index < -0.39 is 13.9 Å². The number of rotatable bonds is 8. The first-order chi connectivity index (χ1) is 19.0. The molecule has 0 N–H and O–H groups in total. The third kappa shape index (κ3) is 4.06. The molecule has 4 aliphatic rings.